The maximum Gasteiger partial charge on any atom is 0.233 e. The van der Waals surface area contributed by atoms with Gasteiger partial charge in [-0.2, -0.15) is 0 Å². The molecule has 2 aliphatic heterocycles. The second-order valence-electron chi connectivity index (χ2n) is 8.24. The molecule has 2 aromatic rings. The van der Waals surface area contributed by atoms with Crippen molar-refractivity contribution in [2.75, 3.05) is 11.4 Å². The van der Waals surface area contributed by atoms with Crippen molar-refractivity contribution in [1.29, 1.82) is 0 Å². The zero-order valence-corrected chi connectivity index (χ0v) is 17.7. The van der Waals surface area contributed by atoms with Crippen molar-refractivity contribution in [3.8, 4) is 0 Å². The van der Waals surface area contributed by atoms with Crippen LogP contribution in [-0.2, 0) is 24.2 Å². The van der Waals surface area contributed by atoms with E-state index in [0.29, 0.717) is 11.4 Å². The number of hydrogen-bond donors (Lipinski definition) is 0. The maximum absolute atomic E-state index is 13.3. The SMILES string of the molecule is O=C1C2CCCCC2C(=O)N1CCC(=O)N1c2ccccc2S(=O)(=O)c2ccccc21. The van der Waals surface area contributed by atoms with E-state index in [1.165, 1.54) is 21.9 Å². The standard InChI is InChI=1S/C23H22N2O5S/c26-21(13-14-24-22(27)15-7-1-2-8-16(15)23(24)28)25-17-9-3-5-11-19(17)31(29,30)20-12-6-4-10-18(20)25/h3-6,9-12,15-16H,1-2,7-8,13-14H2. The molecule has 2 atom stereocenters. The van der Waals surface area contributed by atoms with Crippen molar-refractivity contribution >= 4 is 38.9 Å². The van der Waals surface area contributed by atoms with Gasteiger partial charge < -0.3 is 0 Å². The highest BCUT2D eigenvalue weighted by Gasteiger charge is 2.48. The predicted molar refractivity (Wildman–Crippen MR) is 112 cm³/mol. The summed E-state index contributed by atoms with van der Waals surface area (Å²) in [6, 6.07) is 12.8. The van der Waals surface area contributed by atoms with Gasteiger partial charge in [0.05, 0.1) is 33.0 Å². The van der Waals surface area contributed by atoms with Gasteiger partial charge in [0.2, 0.25) is 27.6 Å². The molecule has 0 spiro atoms. The van der Waals surface area contributed by atoms with Crippen LogP contribution in [-0.4, -0.2) is 37.6 Å². The molecule has 2 fully saturated rings. The number of anilines is 2. The topological polar surface area (TPSA) is 91.8 Å². The Morgan fingerprint density at radius 3 is 1.84 bits per heavy atom. The third kappa shape index (κ3) is 3.00. The van der Waals surface area contributed by atoms with Crippen LogP contribution in [0.4, 0.5) is 11.4 Å². The van der Waals surface area contributed by atoms with Gasteiger partial charge in [0.25, 0.3) is 0 Å². The number of imide groups is 1. The Labute approximate surface area is 180 Å². The van der Waals surface area contributed by atoms with Gasteiger partial charge in [-0.1, -0.05) is 37.1 Å². The zero-order valence-electron chi connectivity index (χ0n) is 16.9. The van der Waals surface area contributed by atoms with Crippen molar-refractivity contribution < 1.29 is 22.8 Å². The minimum atomic E-state index is -3.74. The van der Waals surface area contributed by atoms with Gasteiger partial charge in [-0.05, 0) is 37.1 Å². The van der Waals surface area contributed by atoms with E-state index in [0.717, 1.165) is 25.7 Å². The Morgan fingerprint density at radius 2 is 1.32 bits per heavy atom. The molecule has 1 saturated heterocycles. The molecule has 0 radical (unpaired) electrons. The molecule has 2 heterocycles. The molecule has 8 heteroatoms. The minimum absolute atomic E-state index is 0.0110. The lowest BCUT2D eigenvalue weighted by atomic mass is 9.81. The molecule has 2 unspecified atom stereocenters. The fourth-order valence-electron chi connectivity index (χ4n) is 5.03. The number of fused-ring (bicyclic) bond motifs is 3. The first kappa shape index (κ1) is 19.9. The molecule has 3 aliphatic rings. The summed E-state index contributed by atoms with van der Waals surface area (Å²) in [5, 5.41) is 0. The summed E-state index contributed by atoms with van der Waals surface area (Å²) in [4.78, 5) is 41.5. The molecule has 0 bridgehead atoms. The third-order valence-electron chi connectivity index (χ3n) is 6.52. The Bertz CT molecular complexity index is 1130. The molecule has 5 rings (SSSR count). The Kier molecular flexibility index (Phi) is 4.69. The van der Waals surface area contributed by atoms with Gasteiger partial charge in [-0.3, -0.25) is 24.2 Å². The van der Waals surface area contributed by atoms with E-state index in [2.05, 4.69) is 0 Å². The first-order valence-corrected chi connectivity index (χ1v) is 12.0. The fraction of sp³-hybridized carbons (Fsp3) is 0.348. The summed E-state index contributed by atoms with van der Waals surface area (Å²) < 4.78 is 26.1. The van der Waals surface area contributed by atoms with Crippen LogP contribution >= 0.6 is 0 Å². The predicted octanol–water partition coefficient (Wildman–Crippen LogP) is 3.06. The minimum Gasteiger partial charge on any atom is -0.282 e. The molecule has 7 nitrogen and oxygen atoms in total. The summed E-state index contributed by atoms with van der Waals surface area (Å²) in [7, 11) is -3.74. The molecule has 2 aromatic carbocycles. The lowest BCUT2D eigenvalue weighted by Crippen LogP contribution is -2.37. The number of amides is 3. The summed E-state index contributed by atoms with van der Waals surface area (Å²) >= 11 is 0. The van der Waals surface area contributed by atoms with E-state index in [4.69, 9.17) is 0 Å². The number of rotatable bonds is 3. The second-order valence-corrected chi connectivity index (χ2v) is 10.1. The Hall–Kier alpha value is -3.00. The molecule has 0 N–H and O–H groups in total. The Balaban J connectivity index is 1.44. The normalized spacial score (nSPS) is 23.9. The van der Waals surface area contributed by atoms with Crippen LogP contribution in [0.5, 0.6) is 0 Å². The van der Waals surface area contributed by atoms with Crippen LogP contribution in [0.25, 0.3) is 0 Å². The second kappa shape index (κ2) is 7.30. The number of hydrogen-bond acceptors (Lipinski definition) is 5. The average Bonchev–Trinajstić information content (AvgIpc) is 3.03. The maximum atomic E-state index is 13.3. The molecule has 0 aromatic heterocycles. The summed E-state index contributed by atoms with van der Waals surface area (Å²) in [5.74, 6) is -1.21. The first-order valence-electron chi connectivity index (χ1n) is 10.5. The molecule has 3 amide bonds. The lowest BCUT2D eigenvalue weighted by Gasteiger charge is -2.31. The molecule has 1 aliphatic carbocycles. The Morgan fingerprint density at radius 1 is 0.839 bits per heavy atom. The van der Waals surface area contributed by atoms with Gasteiger partial charge in [-0.15, -0.1) is 0 Å². The molecule has 1 saturated carbocycles. The largest absolute Gasteiger partial charge is 0.282 e. The van der Waals surface area contributed by atoms with Gasteiger partial charge in [0, 0.05) is 13.0 Å². The molecular weight excluding hydrogens is 416 g/mol. The van der Waals surface area contributed by atoms with Crippen molar-refractivity contribution in [2.45, 2.75) is 41.9 Å². The van der Waals surface area contributed by atoms with Crippen LogP contribution in [0, 0.1) is 11.8 Å². The van der Waals surface area contributed by atoms with Crippen molar-refractivity contribution in [2.24, 2.45) is 11.8 Å². The van der Waals surface area contributed by atoms with Gasteiger partial charge >= 0.3 is 0 Å². The van der Waals surface area contributed by atoms with Gasteiger partial charge in [0.15, 0.2) is 0 Å². The van der Waals surface area contributed by atoms with E-state index in [-0.39, 0.29) is 52.3 Å². The van der Waals surface area contributed by atoms with Crippen LogP contribution in [0.15, 0.2) is 58.3 Å². The van der Waals surface area contributed by atoms with Gasteiger partial charge in [0.1, 0.15) is 0 Å². The monoisotopic (exact) mass is 438 g/mol. The van der Waals surface area contributed by atoms with E-state index >= 15 is 0 Å². The van der Waals surface area contributed by atoms with Crippen LogP contribution in [0.1, 0.15) is 32.1 Å². The number of nitrogens with zero attached hydrogens (tertiary/aromatic N) is 2. The van der Waals surface area contributed by atoms with Crippen molar-refractivity contribution in [3.05, 3.63) is 48.5 Å². The fourth-order valence-corrected chi connectivity index (χ4v) is 6.65. The highest BCUT2D eigenvalue weighted by atomic mass is 32.2. The molecule has 160 valence electrons. The summed E-state index contributed by atoms with van der Waals surface area (Å²) in [6.45, 7) is 0.0110. The number of benzene rings is 2. The van der Waals surface area contributed by atoms with E-state index in [1.54, 1.807) is 36.4 Å². The quantitative estimate of drug-likeness (QED) is 0.687. The van der Waals surface area contributed by atoms with Crippen LogP contribution in [0.2, 0.25) is 0 Å². The smallest absolute Gasteiger partial charge is 0.233 e. The van der Waals surface area contributed by atoms with E-state index in [9.17, 15) is 22.8 Å². The lowest BCUT2D eigenvalue weighted by molar-refractivity contribution is -0.140. The molecule has 31 heavy (non-hydrogen) atoms. The van der Waals surface area contributed by atoms with Crippen molar-refractivity contribution in [1.82, 2.24) is 4.90 Å². The van der Waals surface area contributed by atoms with E-state index in [1.807, 2.05) is 0 Å². The zero-order chi connectivity index (χ0) is 21.8. The number of carbonyl (C=O) groups is 3. The number of carbonyl (C=O) groups excluding carboxylic acids is 3. The summed E-state index contributed by atoms with van der Waals surface area (Å²) in [5.41, 5.74) is 0.581. The highest BCUT2D eigenvalue weighted by molar-refractivity contribution is 7.92. The number of para-hydroxylation sites is 2. The molecular formula is C23H22N2O5S. The number of likely N-dealkylation sites (tertiary alicyclic amines) is 1. The summed E-state index contributed by atoms with van der Waals surface area (Å²) in [6.07, 6.45) is 3.28. The third-order valence-corrected chi connectivity index (χ3v) is 8.37. The highest BCUT2D eigenvalue weighted by Crippen LogP contribution is 2.44. The van der Waals surface area contributed by atoms with Gasteiger partial charge in [-0.25, -0.2) is 8.42 Å². The number of sulfone groups is 1. The van der Waals surface area contributed by atoms with Crippen LogP contribution in [0.3, 0.4) is 0 Å². The van der Waals surface area contributed by atoms with Crippen LogP contribution < -0.4 is 4.90 Å². The first-order chi connectivity index (χ1) is 14.9. The average molecular weight is 439 g/mol. The van der Waals surface area contributed by atoms with Crippen molar-refractivity contribution in [3.63, 3.8) is 0 Å². The van der Waals surface area contributed by atoms with E-state index < -0.39 is 9.84 Å².